The van der Waals surface area contributed by atoms with Crippen LogP contribution < -0.4 is 10.1 Å². The van der Waals surface area contributed by atoms with Crippen LogP contribution in [0.4, 0.5) is 0 Å². The second kappa shape index (κ2) is 5.71. The maximum Gasteiger partial charge on any atom is 0.128 e. The van der Waals surface area contributed by atoms with Gasteiger partial charge in [-0.3, -0.25) is 0 Å². The standard InChI is InChI=1S/C13H18ClNO2/c1-3-16-13-11(15-2)8-12(13)17-10-6-4-9(14)5-7-10/h4-7,11-13,15H,3,8H2,1-2H3. The van der Waals surface area contributed by atoms with E-state index in [1.54, 1.807) is 0 Å². The summed E-state index contributed by atoms with van der Waals surface area (Å²) < 4.78 is 11.6. The molecule has 3 nitrogen and oxygen atoms in total. The van der Waals surface area contributed by atoms with Crippen molar-refractivity contribution in [3.05, 3.63) is 29.3 Å². The van der Waals surface area contributed by atoms with Gasteiger partial charge in [-0.25, -0.2) is 0 Å². The second-order valence-corrected chi connectivity index (χ2v) is 4.60. The van der Waals surface area contributed by atoms with Crippen LogP contribution in [0.2, 0.25) is 5.02 Å². The molecule has 1 fully saturated rings. The molecule has 1 aromatic carbocycles. The Morgan fingerprint density at radius 3 is 2.65 bits per heavy atom. The fourth-order valence-corrected chi connectivity index (χ4v) is 2.21. The van der Waals surface area contributed by atoms with Crippen molar-refractivity contribution in [2.45, 2.75) is 31.6 Å². The summed E-state index contributed by atoms with van der Waals surface area (Å²) in [7, 11) is 1.95. The van der Waals surface area contributed by atoms with Gasteiger partial charge in [-0.2, -0.15) is 0 Å². The molecule has 0 saturated heterocycles. The molecule has 1 aromatic rings. The minimum Gasteiger partial charge on any atom is -0.488 e. The predicted molar refractivity (Wildman–Crippen MR) is 68.7 cm³/mol. The third kappa shape index (κ3) is 2.92. The maximum atomic E-state index is 5.88. The lowest BCUT2D eigenvalue weighted by atomic mass is 9.85. The number of halogens is 1. The number of rotatable bonds is 5. The fraction of sp³-hybridized carbons (Fsp3) is 0.538. The molecular weight excluding hydrogens is 238 g/mol. The minimum absolute atomic E-state index is 0.133. The van der Waals surface area contributed by atoms with Crippen molar-refractivity contribution in [3.8, 4) is 5.75 Å². The molecule has 0 radical (unpaired) electrons. The van der Waals surface area contributed by atoms with E-state index in [4.69, 9.17) is 21.1 Å². The molecule has 0 bridgehead atoms. The van der Waals surface area contributed by atoms with E-state index >= 15 is 0 Å². The lowest BCUT2D eigenvalue weighted by Crippen LogP contribution is -2.60. The van der Waals surface area contributed by atoms with Crippen LogP contribution in [-0.4, -0.2) is 31.9 Å². The molecule has 1 saturated carbocycles. The van der Waals surface area contributed by atoms with Crippen molar-refractivity contribution < 1.29 is 9.47 Å². The van der Waals surface area contributed by atoms with Crippen molar-refractivity contribution in [2.24, 2.45) is 0 Å². The quantitative estimate of drug-likeness (QED) is 0.877. The van der Waals surface area contributed by atoms with E-state index in [-0.39, 0.29) is 12.2 Å². The van der Waals surface area contributed by atoms with Gasteiger partial charge in [-0.1, -0.05) is 11.6 Å². The Bertz CT molecular complexity index is 355. The summed E-state index contributed by atoms with van der Waals surface area (Å²) >= 11 is 5.83. The highest BCUT2D eigenvalue weighted by Gasteiger charge is 2.42. The third-order valence-electron chi connectivity index (χ3n) is 3.08. The number of nitrogens with one attached hydrogen (secondary N) is 1. The Hall–Kier alpha value is -0.770. The number of benzene rings is 1. The maximum absolute atomic E-state index is 5.88. The Balaban J connectivity index is 1.93. The first kappa shape index (κ1) is 12.7. The molecule has 1 aliphatic rings. The molecule has 0 aliphatic heterocycles. The van der Waals surface area contributed by atoms with Crippen molar-refractivity contribution in [1.82, 2.24) is 5.32 Å². The van der Waals surface area contributed by atoms with E-state index in [2.05, 4.69) is 5.32 Å². The van der Waals surface area contributed by atoms with E-state index in [0.717, 1.165) is 17.2 Å². The summed E-state index contributed by atoms with van der Waals surface area (Å²) in [5.41, 5.74) is 0. The van der Waals surface area contributed by atoms with Crippen molar-refractivity contribution in [3.63, 3.8) is 0 Å². The monoisotopic (exact) mass is 255 g/mol. The van der Waals surface area contributed by atoms with Gasteiger partial charge in [-0.15, -0.1) is 0 Å². The van der Waals surface area contributed by atoms with Gasteiger partial charge in [0.05, 0.1) is 0 Å². The summed E-state index contributed by atoms with van der Waals surface area (Å²) in [6.45, 7) is 2.72. The number of ether oxygens (including phenoxy) is 2. The van der Waals surface area contributed by atoms with Gasteiger partial charge in [0.25, 0.3) is 0 Å². The van der Waals surface area contributed by atoms with Crippen LogP contribution in [0.5, 0.6) is 5.75 Å². The summed E-state index contributed by atoms with van der Waals surface area (Å²) in [6, 6.07) is 7.84. The van der Waals surface area contributed by atoms with Crippen molar-refractivity contribution >= 4 is 11.6 Å². The van der Waals surface area contributed by atoms with Crippen LogP contribution in [0.1, 0.15) is 13.3 Å². The third-order valence-corrected chi connectivity index (χ3v) is 3.33. The predicted octanol–water partition coefficient (Wildman–Crippen LogP) is 2.48. The zero-order chi connectivity index (χ0) is 12.3. The molecule has 2 rings (SSSR count). The van der Waals surface area contributed by atoms with E-state index in [9.17, 15) is 0 Å². The Morgan fingerprint density at radius 2 is 2.06 bits per heavy atom. The van der Waals surface area contributed by atoms with E-state index < -0.39 is 0 Å². The largest absolute Gasteiger partial charge is 0.488 e. The summed E-state index contributed by atoms with van der Waals surface area (Å²) in [5.74, 6) is 0.846. The molecule has 1 N–H and O–H groups in total. The van der Waals surface area contributed by atoms with E-state index in [1.165, 1.54) is 0 Å². The van der Waals surface area contributed by atoms with Crippen LogP contribution in [0.15, 0.2) is 24.3 Å². The van der Waals surface area contributed by atoms with Gasteiger partial charge < -0.3 is 14.8 Å². The lowest BCUT2D eigenvalue weighted by molar-refractivity contribution is -0.103. The SMILES string of the molecule is CCOC1C(NC)CC1Oc1ccc(Cl)cc1. The Morgan fingerprint density at radius 1 is 1.35 bits per heavy atom. The van der Waals surface area contributed by atoms with Gasteiger partial charge in [-0.05, 0) is 38.2 Å². The van der Waals surface area contributed by atoms with Crippen molar-refractivity contribution in [1.29, 1.82) is 0 Å². The summed E-state index contributed by atoms with van der Waals surface area (Å²) in [6.07, 6.45) is 1.25. The first-order chi connectivity index (χ1) is 8.24. The Labute approximate surface area is 107 Å². The molecule has 17 heavy (non-hydrogen) atoms. The molecule has 0 heterocycles. The number of hydrogen-bond acceptors (Lipinski definition) is 3. The number of hydrogen-bond donors (Lipinski definition) is 1. The minimum atomic E-state index is 0.133. The topological polar surface area (TPSA) is 30.5 Å². The Kier molecular flexibility index (Phi) is 4.26. The average Bonchev–Trinajstić information content (AvgIpc) is 2.33. The van der Waals surface area contributed by atoms with Gasteiger partial charge in [0.1, 0.15) is 18.0 Å². The first-order valence-electron chi connectivity index (χ1n) is 5.95. The molecular formula is C13H18ClNO2. The van der Waals surface area contributed by atoms with Crippen LogP contribution >= 0.6 is 11.6 Å². The second-order valence-electron chi connectivity index (χ2n) is 4.16. The van der Waals surface area contributed by atoms with Gasteiger partial charge >= 0.3 is 0 Å². The highest BCUT2D eigenvalue weighted by atomic mass is 35.5. The highest BCUT2D eigenvalue weighted by Crippen LogP contribution is 2.29. The molecule has 94 valence electrons. The molecule has 0 spiro atoms. The highest BCUT2D eigenvalue weighted by molar-refractivity contribution is 6.30. The zero-order valence-electron chi connectivity index (χ0n) is 10.2. The normalized spacial score (nSPS) is 27.6. The summed E-state index contributed by atoms with van der Waals surface area (Å²) in [4.78, 5) is 0. The summed E-state index contributed by atoms with van der Waals surface area (Å²) in [5, 5.41) is 3.96. The van der Waals surface area contributed by atoms with E-state index in [0.29, 0.717) is 12.6 Å². The van der Waals surface area contributed by atoms with Crippen LogP contribution in [0, 0.1) is 0 Å². The average molecular weight is 256 g/mol. The fourth-order valence-electron chi connectivity index (χ4n) is 2.08. The van der Waals surface area contributed by atoms with Gasteiger partial charge in [0.15, 0.2) is 0 Å². The van der Waals surface area contributed by atoms with Crippen LogP contribution in [0.3, 0.4) is 0 Å². The van der Waals surface area contributed by atoms with Crippen LogP contribution in [0.25, 0.3) is 0 Å². The molecule has 1 aliphatic carbocycles. The van der Waals surface area contributed by atoms with Crippen LogP contribution in [-0.2, 0) is 4.74 Å². The molecule has 3 unspecified atom stereocenters. The molecule has 3 atom stereocenters. The van der Waals surface area contributed by atoms with E-state index in [1.807, 2.05) is 38.2 Å². The zero-order valence-corrected chi connectivity index (χ0v) is 10.9. The van der Waals surface area contributed by atoms with Gasteiger partial charge in [0, 0.05) is 24.1 Å². The molecule has 0 amide bonds. The van der Waals surface area contributed by atoms with Crippen molar-refractivity contribution in [2.75, 3.05) is 13.7 Å². The van der Waals surface area contributed by atoms with Gasteiger partial charge in [0.2, 0.25) is 0 Å². The molecule has 0 aromatic heterocycles. The lowest BCUT2D eigenvalue weighted by Gasteiger charge is -2.43. The number of likely N-dealkylation sites (N-methyl/N-ethyl adjacent to an activating group) is 1. The molecule has 4 heteroatoms. The first-order valence-corrected chi connectivity index (χ1v) is 6.33. The smallest absolute Gasteiger partial charge is 0.128 e.